The van der Waals surface area contributed by atoms with E-state index in [1.807, 2.05) is 6.92 Å². The Hall–Kier alpha value is -1.31. The molecule has 1 aromatic carbocycles. The number of ether oxygens (including phenoxy) is 1. The van der Waals surface area contributed by atoms with Crippen LogP contribution in [0.15, 0.2) is 23.1 Å². The summed E-state index contributed by atoms with van der Waals surface area (Å²) in [5, 5.41) is 5.16. The molecule has 0 unspecified atom stereocenters. The molecule has 7 heteroatoms. The third kappa shape index (κ3) is 3.62. The highest BCUT2D eigenvalue weighted by Crippen LogP contribution is 2.26. The highest BCUT2D eigenvalue weighted by molar-refractivity contribution is 7.89. The number of nitrogens with two attached hydrogens (primary N) is 2. The third-order valence-electron chi connectivity index (χ3n) is 3.45. The molecule has 1 fully saturated rings. The van der Waals surface area contributed by atoms with Crippen LogP contribution in [0, 0.1) is 0 Å². The van der Waals surface area contributed by atoms with Gasteiger partial charge in [-0.15, -0.1) is 0 Å². The first kappa shape index (κ1) is 15.1. The minimum atomic E-state index is -3.74. The van der Waals surface area contributed by atoms with Crippen molar-refractivity contribution in [1.82, 2.24) is 0 Å². The highest BCUT2D eigenvalue weighted by Gasteiger charge is 2.21. The number of sulfonamides is 1. The highest BCUT2D eigenvalue weighted by atomic mass is 32.2. The summed E-state index contributed by atoms with van der Waals surface area (Å²) in [5.74, 6) is 0. The summed E-state index contributed by atoms with van der Waals surface area (Å²) in [6.45, 7) is 4.34. The van der Waals surface area contributed by atoms with Gasteiger partial charge in [-0.3, -0.25) is 0 Å². The molecule has 0 atom stereocenters. The first-order chi connectivity index (χ1) is 9.40. The molecule has 4 N–H and O–H groups in total. The number of nitrogens with zero attached hydrogens (tertiary/aromatic N) is 1. The van der Waals surface area contributed by atoms with Gasteiger partial charge in [-0.2, -0.15) is 0 Å². The van der Waals surface area contributed by atoms with Gasteiger partial charge in [0.05, 0.1) is 11.0 Å². The maximum atomic E-state index is 11.4. The van der Waals surface area contributed by atoms with Gasteiger partial charge in [-0.1, -0.05) is 0 Å². The molecule has 0 amide bonds. The van der Waals surface area contributed by atoms with Crippen molar-refractivity contribution in [3.63, 3.8) is 0 Å². The van der Waals surface area contributed by atoms with Crippen LogP contribution < -0.4 is 15.8 Å². The van der Waals surface area contributed by atoms with Crippen molar-refractivity contribution in [3.8, 4) is 0 Å². The maximum Gasteiger partial charge on any atom is 0.238 e. The summed E-state index contributed by atoms with van der Waals surface area (Å²) in [6, 6.07) is 4.73. The van der Waals surface area contributed by atoms with Gasteiger partial charge in [-0.25, -0.2) is 13.6 Å². The van der Waals surface area contributed by atoms with E-state index in [1.54, 1.807) is 12.1 Å². The fraction of sp³-hybridized carbons (Fsp3) is 0.538. The zero-order valence-corrected chi connectivity index (χ0v) is 12.4. The normalized spacial score (nSPS) is 17.4. The van der Waals surface area contributed by atoms with Gasteiger partial charge in [0.15, 0.2) is 0 Å². The average molecular weight is 299 g/mol. The summed E-state index contributed by atoms with van der Waals surface area (Å²) < 4.78 is 28.5. The molecule has 1 heterocycles. The lowest BCUT2D eigenvalue weighted by molar-refractivity contribution is 0.0459. The number of nitrogen functional groups attached to an aromatic ring is 1. The lowest BCUT2D eigenvalue weighted by Crippen LogP contribution is -2.37. The van der Waals surface area contributed by atoms with Gasteiger partial charge in [0.2, 0.25) is 10.0 Å². The summed E-state index contributed by atoms with van der Waals surface area (Å²) in [5.41, 5.74) is 6.96. The van der Waals surface area contributed by atoms with Crippen molar-refractivity contribution in [1.29, 1.82) is 0 Å². The van der Waals surface area contributed by atoms with Crippen molar-refractivity contribution in [2.45, 2.75) is 30.8 Å². The fourth-order valence-electron chi connectivity index (χ4n) is 2.47. The number of rotatable bonds is 4. The van der Waals surface area contributed by atoms with E-state index >= 15 is 0 Å². The summed E-state index contributed by atoms with van der Waals surface area (Å²) in [4.78, 5) is 2.17. The maximum absolute atomic E-state index is 11.4. The number of hydrogen-bond acceptors (Lipinski definition) is 5. The molecule has 2 rings (SSSR count). The Labute approximate surface area is 119 Å². The van der Waals surface area contributed by atoms with Crippen LogP contribution >= 0.6 is 0 Å². The summed E-state index contributed by atoms with van der Waals surface area (Å²) >= 11 is 0. The van der Waals surface area contributed by atoms with Crippen molar-refractivity contribution >= 4 is 21.4 Å². The lowest BCUT2D eigenvalue weighted by Gasteiger charge is -2.33. The summed E-state index contributed by atoms with van der Waals surface area (Å²) in [6.07, 6.45) is 2.13. The van der Waals surface area contributed by atoms with Crippen LogP contribution in [0.4, 0.5) is 11.4 Å². The largest absolute Gasteiger partial charge is 0.399 e. The second-order valence-corrected chi connectivity index (χ2v) is 6.51. The van der Waals surface area contributed by atoms with Crippen molar-refractivity contribution in [3.05, 3.63) is 18.2 Å². The SMILES string of the molecule is CCOC1CCN(c2cc(N)cc(S(N)(=O)=O)c2)CC1. The van der Waals surface area contributed by atoms with Crippen LogP contribution in [0.1, 0.15) is 19.8 Å². The van der Waals surface area contributed by atoms with Gasteiger partial charge < -0.3 is 15.4 Å². The van der Waals surface area contributed by atoms with Gasteiger partial charge in [0, 0.05) is 31.1 Å². The predicted molar refractivity (Wildman–Crippen MR) is 79.1 cm³/mol. The van der Waals surface area contributed by atoms with Gasteiger partial charge in [0.25, 0.3) is 0 Å². The van der Waals surface area contributed by atoms with E-state index in [1.165, 1.54) is 6.07 Å². The molecule has 0 spiro atoms. The minimum absolute atomic E-state index is 0.0550. The molecule has 0 radical (unpaired) electrons. The molecular weight excluding hydrogens is 278 g/mol. The van der Waals surface area contributed by atoms with Gasteiger partial charge in [-0.05, 0) is 38.0 Å². The number of anilines is 2. The topological polar surface area (TPSA) is 98.7 Å². The molecule has 0 bridgehead atoms. The molecular formula is C13H21N3O3S. The third-order valence-corrected chi connectivity index (χ3v) is 4.34. The standard InChI is InChI=1S/C13H21N3O3S/c1-2-19-12-3-5-16(6-4-12)11-7-10(14)8-13(9-11)20(15,17)18/h7-9,12H,2-6,14H2,1H3,(H2,15,17,18). The zero-order chi connectivity index (χ0) is 14.8. The molecule has 1 aromatic rings. The molecule has 0 aromatic heterocycles. The van der Waals surface area contributed by atoms with E-state index in [0.29, 0.717) is 5.69 Å². The molecule has 112 valence electrons. The molecule has 1 aliphatic heterocycles. The van der Waals surface area contributed by atoms with Gasteiger partial charge >= 0.3 is 0 Å². The Morgan fingerprint density at radius 3 is 2.50 bits per heavy atom. The smallest absolute Gasteiger partial charge is 0.238 e. The van der Waals surface area contributed by atoms with E-state index in [4.69, 9.17) is 15.6 Å². The number of hydrogen-bond donors (Lipinski definition) is 2. The average Bonchev–Trinajstić information content (AvgIpc) is 2.38. The summed E-state index contributed by atoms with van der Waals surface area (Å²) in [7, 11) is -3.74. The minimum Gasteiger partial charge on any atom is -0.399 e. The van der Waals surface area contributed by atoms with E-state index < -0.39 is 10.0 Å². The molecule has 0 saturated carbocycles. The van der Waals surface area contributed by atoms with Crippen LogP contribution in [-0.4, -0.2) is 34.2 Å². The van der Waals surface area contributed by atoms with Gasteiger partial charge in [0.1, 0.15) is 0 Å². The molecule has 0 aliphatic carbocycles. The fourth-order valence-corrected chi connectivity index (χ4v) is 3.05. The van der Waals surface area contributed by atoms with E-state index in [9.17, 15) is 8.42 Å². The zero-order valence-electron chi connectivity index (χ0n) is 11.6. The Morgan fingerprint density at radius 2 is 1.95 bits per heavy atom. The Kier molecular flexibility index (Phi) is 4.52. The van der Waals surface area contributed by atoms with Crippen molar-refractivity contribution < 1.29 is 13.2 Å². The molecule has 1 saturated heterocycles. The number of benzene rings is 1. The van der Waals surface area contributed by atoms with E-state index in [0.717, 1.165) is 38.2 Å². The number of piperidine rings is 1. The second-order valence-electron chi connectivity index (χ2n) is 4.95. The quantitative estimate of drug-likeness (QED) is 0.806. The molecule has 1 aliphatic rings. The molecule has 20 heavy (non-hydrogen) atoms. The Morgan fingerprint density at radius 1 is 1.30 bits per heavy atom. The molecule has 6 nitrogen and oxygen atoms in total. The second kappa shape index (κ2) is 5.99. The number of primary sulfonamides is 1. The van der Waals surface area contributed by atoms with Crippen LogP contribution in [0.25, 0.3) is 0 Å². The van der Waals surface area contributed by atoms with E-state index in [-0.39, 0.29) is 11.0 Å². The van der Waals surface area contributed by atoms with E-state index in [2.05, 4.69) is 4.90 Å². The predicted octanol–water partition coefficient (Wildman–Crippen LogP) is 0.922. The van der Waals surface area contributed by atoms with Crippen LogP contribution in [0.5, 0.6) is 0 Å². The van der Waals surface area contributed by atoms with Crippen molar-refractivity contribution in [2.75, 3.05) is 30.3 Å². The van der Waals surface area contributed by atoms with Crippen molar-refractivity contribution in [2.24, 2.45) is 5.14 Å². The Bertz CT molecular complexity index is 566. The Balaban J connectivity index is 2.16. The monoisotopic (exact) mass is 299 g/mol. The van der Waals surface area contributed by atoms with Crippen LogP contribution in [0.3, 0.4) is 0 Å². The first-order valence-corrected chi connectivity index (χ1v) is 8.24. The lowest BCUT2D eigenvalue weighted by atomic mass is 10.1. The first-order valence-electron chi connectivity index (χ1n) is 6.70. The van der Waals surface area contributed by atoms with Crippen LogP contribution in [-0.2, 0) is 14.8 Å². The van der Waals surface area contributed by atoms with Crippen LogP contribution in [0.2, 0.25) is 0 Å².